The third-order valence-electron chi connectivity index (χ3n) is 6.22. The van der Waals surface area contributed by atoms with Crippen molar-refractivity contribution in [3.63, 3.8) is 0 Å². The van der Waals surface area contributed by atoms with Gasteiger partial charge in [0.25, 0.3) is 0 Å². The Balaban J connectivity index is 0.000000176. The maximum absolute atomic E-state index is 12.2. The van der Waals surface area contributed by atoms with Gasteiger partial charge in [-0.3, -0.25) is 19.2 Å². The normalized spacial score (nSPS) is 12.7. The zero-order valence-electron chi connectivity index (χ0n) is 19.7. The van der Waals surface area contributed by atoms with Crippen molar-refractivity contribution in [1.82, 2.24) is 0 Å². The Kier molecular flexibility index (Phi) is 7.13. The average molecular weight is 550 g/mol. The van der Waals surface area contributed by atoms with Gasteiger partial charge in [-0.1, -0.05) is 60.0 Å². The molecule has 0 atom stereocenters. The number of phenols is 4. The number of fused-ring (bicyclic) bond motifs is 4. The van der Waals surface area contributed by atoms with Crippen molar-refractivity contribution in [2.24, 2.45) is 0 Å². The van der Waals surface area contributed by atoms with E-state index in [9.17, 15) is 49.8 Å². The van der Waals surface area contributed by atoms with Gasteiger partial charge in [0.05, 0.1) is 11.1 Å². The van der Waals surface area contributed by atoms with Crippen LogP contribution in [0.4, 0.5) is 0 Å². The van der Waals surface area contributed by atoms with E-state index >= 15 is 0 Å². The quantitative estimate of drug-likeness (QED) is 0.122. The maximum atomic E-state index is 12.2. The summed E-state index contributed by atoms with van der Waals surface area (Å²) >= 11 is 0. The molecule has 11 heteroatoms. The van der Waals surface area contributed by atoms with Gasteiger partial charge in [-0.15, -0.1) is 0 Å². The third kappa shape index (κ3) is 4.19. The van der Waals surface area contributed by atoms with Crippen LogP contribution < -0.4 is 10.2 Å². The van der Waals surface area contributed by atoms with Gasteiger partial charge >= 0.3 is 37.7 Å². The summed E-state index contributed by atoms with van der Waals surface area (Å²) in [5.74, 6) is -7.01. The predicted molar refractivity (Wildman–Crippen MR) is 131 cm³/mol. The fourth-order valence-corrected chi connectivity index (χ4v) is 4.46. The van der Waals surface area contributed by atoms with E-state index < -0.39 is 68.8 Å². The van der Waals surface area contributed by atoms with E-state index in [2.05, 4.69) is 0 Å². The molecule has 188 valence electrons. The summed E-state index contributed by atoms with van der Waals surface area (Å²) in [6, 6.07) is 13.6. The molecular formula is C28H14CaO10. The number of rotatable bonds is 0. The Labute approximate surface area is 249 Å². The SMILES string of the molecule is O=C1c2ccccc2C(=O)c2c(O)c(O)cc(O)c21.O=C1c2ccccc2C(=O)c2c([O-])c(O)cc([O-])c21.[Ca+2]. The number of carbonyl (C=O) groups is 4. The summed E-state index contributed by atoms with van der Waals surface area (Å²) in [6.07, 6.45) is 0. The molecule has 2 aliphatic carbocycles. The maximum Gasteiger partial charge on any atom is 2.00 e. The Morgan fingerprint density at radius 1 is 0.487 bits per heavy atom. The Morgan fingerprint density at radius 3 is 1.38 bits per heavy atom. The Bertz CT molecular complexity index is 1630. The Hall–Kier alpha value is -4.38. The molecule has 0 aliphatic heterocycles. The van der Waals surface area contributed by atoms with Gasteiger partial charge in [-0.05, 0) is 6.07 Å². The molecule has 0 aromatic heterocycles. The van der Waals surface area contributed by atoms with Crippen LogP contribution in [-0.4, -0.2) is 81.3 Å². The first-order chi connectivity index (χ1) is 18.0. The second kappa shape index (κ2) is 10.1. The van der Waals surface area contributed by atoms with Crippen LogP contribution in [0, 0.1) is 0 Å². The molecular weight excluding hydrogens is 536 g/mol. The molecule has 0 heterocycles. The van der Waals surface area contributed by atoms with Gasteiger partial charge < -0.3 is 30.6 Å². The molecule has 6 rings (SSSR count). The molecule has 0 amide bonds. The molecule has 0 unspecified atom stereocenters. The second-order valence-corrected chi connectivity index (χ2v) is 8.39. The molecule has 2 aliphatic rings. The average Bonchev–Trinajstić information content (AvgIpc) is 2.90. The number of ketones is 4. The van der Waals surface area contributed by atoms with Gasteiger partial charge in [0.1, 0.15) is 11.5 Å². The van der Waals surface area contributed by atoms with Crippen LogP contribution in [0.1, 0.15) is 63.7 Å². The largest absolute Gasteiger partial charge is 2.00 e. The van der Waals surface area contributed by atoms with Crippen LogP contribution in [0.3, 0.4) is 0 Å². The van der Waals surface area contributed by atoms with Gasteiger partial charge in [-0.2, -0.15) is 0 Å². The summed E-state index contributed by atoms with van der Waals surface area (Å²) in [4.78, 5) is 48.8. The van der Waals surface area contributed by atoms with E-state index in [1.165, 1.54) is 24.3 Å². The van der Waals surface area contributed by atoms with Gasteiger partial charge in [-0.25, -0.2) is 0 Å². The zero-order chi connectivity index (χ0) is 27.5. The number of phenolic OH excluding ortho intramolecular Hbond substituents is 4. The summed E-state index contributed by atoms with van der Waals surface area (Å²) < 4.78 is 0. The summed E-state index contributed by atoms with van der Waals surface area (Å²) in [5, 5.41) is 61.7. The minimum absolute atomic E-state index is 0. The Morgan fingerprint density at radius 2 is 0.897 bits per heavy atom. The molecule has 0 radical (unpaired) electrons. The van der Waals surface area contributed by atoms with Crippen molar-refractivity contribution >= 4 is 60.9 Å². The summed E-state index contributed by atoms with van der Waals surface area (Å²) in [5.41, 5.74) is -1.15. The smallest absolute Gasteiger partial charge is 0.872 e. The molecule has 0 fully saturated rings. The van der Waals surface area contributed by atoms with Gasteiger partial charge in [0.2, 0.25) is 0 Å². The number of aromatic hydroxyl groups is 4. The van der Waals surface area contributed by atoms with Crippen LogP contribution >= 0.6 is 0 Å². The third-order valence-corrected chi connectivity index (χ3v) is 6.22. The number of hydrogen-bond donors (Lipinski definition) is 4. The van der Waals surface area contributed by atoms with E-state index in [0.717, 1.165) is 6.07 Å². The molecule has 0 saturated carbocycles. The monoisotopic (exact) mass is 550 g/mol. The minimum atomic E-state index is -0.984. The number of carbonyl (C=O) groups excluding carboxylic acids is 4. The molecule has 0 bridgehead atoms. The molecule has 4 aromatic carbocycles. The first-order valence-electron chi connectivity index (χ1n) is 10.9. The van der Waals surface area contributed by atoms with Crippen LogP contribution in [0.2, 0.25) is 0 Å². The fourth-order valence-electron chi connectivity index (χ4n) is 4.46. The molecule has 39 heavy (non-hydrogen) atoms. The molecule has 10 nitrogen and oxygen atoms in total. The van der Waals surface area contributed by atoms with E-state index in [1.807, 2.05) is 0 Å². The number of benzene rings is 4. The molecule has 0 spiro atoms. The van der Waals surface area contributed by atoms with Crippen molar-refractivity contribution in [1.29, 1.82) is 0 Å². The van der Waals surface area contributed by atoms with Crippen molar-refractivity contribution < 1.29 is 49.8 Å². The van der Waals surface area contributed by atoms with Gasteiger partial charge in [0, 0.05) is 39.4 Å². The molecule has 0 saturated heterocycles. The van der Waals surface area contributed by atoms with Crippen LogP contribution in [0.5, 0.6) is 34.5 Å². The van der Waals surface area contributed by atoms with E-state index in [1.54, 1.807) is 24.3 Å². The molecule has 4 aromatic rings. The van der Waals surface area contributed by atoms with Crippen molar-refractivity contribution in [3.8, 4) is 34.5 Å². The van der Waals surface area contributed by atoms with E-state index in [-0.39, 0.29) is 71.1 Å². The topological polar surface area (TPSA) is 195 Å². The summed E-state index contributed by atoms with van der Waals surface area (Å²) in [7, 11) is 0. The first-order valence-corrected chi connectivity index (χ1v) is 10.9. The van der Waals surface area contributed by atoms with E-state index in [0.29, 0.717) is 6.07 Å². The standard InChI is InChI=1S/2C14H8O5.Ca/c2*15-8-5-9(16)14(19)11-10(8)12(17)6-3-1-2-4-7(6)13(11)18;/h2*1-5,15-16,19H;/q;;+2/p-2. The van der Waals surface area contributed by atoms with Crippen LogP contribution in [0.25, 0.3) is 0 Å². The van der Waals surface area contributed by atoms with Crippen molar-refractivity contribution in [3.05, 3.63) is 105 Å². The van der Waals surface area contributed by atoms with Crippen molar-refractivity contribution in [2.45, 2.75) is 0 Å². The van der Waals surface area contributed by atoms with E-state index in [4.69, 9.17) is 0 Å². The van der Waals surface area contributed by atoms with Crippen LogP contribution in [-0.2, 0) is 0 Å². The minimum Gasteiger partial charge on any atom is -0.872 e. The number of hydrogen-bond acceptors (Lipinski definition) is 10. The van der Waals surface area contributed by atoms with Crippen LogP contribution in [0.15, 0.2) is 60.7 Å². The summed E-state index contributed by atoms with van der Waals surface area (Å²) in [6.45, 7) is 0. The predicted octanol–water partition coefficient (Wildman–Crippen LogP) is 1.51. The first kappa shape index (κ1) is 27.6. The second-order valence-electron chi connectivity index (χ2n) is 8.39. The molecule has 4 N–H and O–H groups in total. The zero-order valence-corrected chi connectivity index (χ0v) is 21.9. The van der Waals surface area contributed by atoms with Gasteiger partial charge in [0.15, 0.2) is 34.6 Å². The van der Waals surface area contributed by atoms with Crippen molar-refractivity contribution in [2.75, 3.05) is 0 Å². The fraction of sp³-hybridized carbons (Fsp3) is 0.